The summed E-state index contributed by atoms with van der Waals surface area (Å²) in [5.41, 5.74) is 2.15. The van der Waals surface area contributed by atoms with E-state index in [-0.39, 0.29) is 0 Å². The number of imidazole rings is 1. The van der Waals surface area contributed by atoms with Gasteiger partial charge < -0.3 is 4.57 Å². The number of carbonyl (C=O) groups is 1. The van der Waals surface area contributed by atoms with E-state index >= 15 is 0 Å². The van der Waals surface area contributed by atoms with Crippen molar-refractivity contribution in [2.24, 2.45) is 0 Å². The first-order chi connectivity index (χ1) is 7.34. The number of carbonyl (C=O) groups excluding carboxylic acids is 1. The molecule has 2 aromatic rings. The van der Waals surface area contributed by atoms with Gasteiger partial charge in [0.15, 0.2) is 0 Å². The molecule has 0 aliphatic heterocycles. The number of ketones is 1. The lowest BCUT2D eigenvalue weighted by Gasteiger charge is -2.10. The number of hydrogen-bond acceptors (Lipinski definition) is 2. The number of nitrogens with zero attached hydrogens (tertiary/aromatic N) is 2. The molecule has 1 aromatic heterocycles. The molecule has 0 radical (unpaired) electrons. The molecule has 1 unspecified atom stereocenters. The molecule has 1 aliphatic carbocycles. The minimum Gasteiger partial charge on any atom is -0.327 e. The summed E-state index contributed by atoms with van der Waals surface area (Å²) in [7, 11) is 0. The number of benzene rings is 1. The van der Waals surface area contributed by atoms with Crippen LogP contribution in [-0.4, -0.2) is 15.3 Å². The van der Waals surface area contributed by atoms with Crippen LogP contribution in [0.1, 0.15) is 25.3 Å². The minimum absolute atomic E-state index is 0.324. The van der Waals surface area contributed by atoms with E-state index in [0.717, 1.165) is 23.9 Å². The molecular formula is C12H12N2O. The third-order valence-electron chi connectivity index (χ3n) is 3.09. The third kappa shape index (κ3) is 1.35. The van der Waals surface area contributed by atoms with Crippen LogP contribution in [0.3, 0.4) is 0 Å². The first-order valence-electron chi connectivity index (χ1n) is 5.28. The monoisotopic (exact) mass is 200 g/mol. The summed E-state index contributed by atoms with van der Waals surface area (Å²) in [5, 5.41) is 0. The Kier molecular flexibility index (Phi) is 1.84. The topological polar surface area (TPSA) is 34.9 Å². The van der Waals surface area contributed by atoms with Crippen LogP contribution in [0.4, 0.5) is 0 Å². The molecule has 3 nitrogen and oxygen atoms in total. The summed E-state index contributed by atoms with van der Waals surface area (Å²) < 4.78 is 2.14. The molecule has 3 heteroatoms. The zero-order valence-corrected chi connectivity index (χ0v) is 8.39. The lowest BCUT2D eigenvalue weighted by molar-refractivity contribution is -0.117. The van der Waals surface area contributed by atoms with Crippen molar-refractivity contribution in [1.82, 2.24) is 9.55 Å². The first-order valence-corrected chi connectivity index (χ1v) is 5.28. The fraction of sp³-hybridized carbons (Fsp3) is 0.333. The summed E-state index contributed by atoms with van der Waals surface area (Å²) in [4.78, 5) is 15.6. The van der Waals surface area contributed by atoms with Gasteiger partial charge in [0.05, 0.1) is 17.4 Å². The maximum atomic E-state index is 11.3. The van der Waals surface area contributed by atoms with Crippen LogP contribution in [0.2, 0.25) is 0 Å². The number of hydrogen-bond donors (Lipinski definition) is 0. The molecule has 1 atom stereocenters. The maximum Gasteiger partial charge on any atom is 0.135 e. The Morgan fingerprint density at radius 2 is 2.20 bits per heavy atom. The molecule has 0 saturated heterocycles. The highest BCUT2D eigenvalue weighted by molar-refractivity contribution is 5.82. The maximum absolute atomic E-state index is 11.3. The molecular weight excluding hydrogens is 188 g/mol. The van der Waals surface area contributed by atoms with E-state index in [1.54, 1.807) is 0 Å². The van der Waals surface area contributed by atoms with Gasteiger partial charge in [-0.05, 0) is 18.6 Å². The van der Waals surface area contributed by atoms with Gasteiger partial charge in [-0.25, -0.2) is 4.98 Å². The van der Waals surface area contributed by atoms with Crippen molar-refractivity contribution in [3.63, 3.8) is 0 Å². The van der Waals surface area contributed by atoms with Crippen LogP contribution < -0.4 is 0 Å². The second-order valence-corrected chi connectivity index (χ2v) is 4.08. The SMILES string of the molecule is O=C1CCC(n2cnc3ccccc32)C1. The molecule has 0 amide bonds. The summed E-state index contributed by atoms with van der Waals surface area (Å²) in [5.74, 6) is 0.373. The van der Waals surface area contributed by atoms with E-state index in [4.69, 9.17) is 0 Å². The fourth-order valence-corrected chi connectivity index (χ4v) is 2.30. The van der Waals surface area contributed by atoms with Crippen molar-refractivity contribution in [1.29, 1.82) is 0 Å². The van der Waals surface area contributed by atoms with Crippen LogP contribution >= 0.6 is 0 Å². The van der Waals surface area contributed by atoms with Gasteiger partial charge in [0.25, 0.3) is 0 Å². The van der Waals surface area contributed by atoms with Crippen molar-refractivity contribution >= 4 is 16.8 Å². The third-order valence-corrected chi connectivity index (χ3v) is 3.09. The second-order valence-electron chi connectivity index (χ2n) is 4.08. The molecule has 3 rings (SSSR count). The Morgan fingerprint density at radius 3 is 3.00 bits per heavy atom. The largest absolute Gasteiger partial charge is 0.327 e. The number of rotatable bonds is 1. The van der Waals surface area contributed by atoms with E-state index in [1.165, 1.54) is 0 Å². The Morgan fingerprint density at radius 1 is 1.33 bits per heavy atom. The molecule has 76 valence electrons. The predicted molar refractivity (Wildman–Crippen MR) is 57.6 cm³/mol. The van der Waals surface area contributed by atoms with E-state index in [9.17, 15) is 4.79 Å². The van der Waals surface area contributed by atoms with Crippen LogP contribution in [0, 0.1) is 0 Å². The first kappa shape index (κ1) is 8.65. The lowest BCUT2D eigenvalue weighted by Crippen LogP contribution is -2.03. The smallest absolute Gasteiger partial charge is 0.135 e. The molecule has 1 aliphatic rings. The fourth-order valence-electron chi connectivity index (χ4n) is 2.30. The number of para-hydroxylation sites is 2. The standard InChI is InChI=1S/C12H12N2O/c15-10-6-5-9(7-10)14-8-13-11-3-1-2-4-12(11)14/h1-4,8-9H,5-7H2. The van der Waals surface area contributed by atoms with E-state index in [1.807, 2.05) is 24.5 Å². The van der Waals surface area contributed by atoms with Gasteiger partial charge in [0.1, 0.15) is 5.78 Å². The predicted octanol–water partition coefficient (Wildman–Crippen LogP) is 2.33. The van der Waals surface area contributed by atoms with Crippen molar-refractivity contribution < 1.29 is 4.79 Å². The molecule has 0 bridgehead atoms. The average molecular weight is 200 g/mol. The normalized spacial score (nSPS) is 21.3. The molecule has 0 spiro atoms. The van der Waals surface area contributed by atoms with Crippen LogP contribution in [0.5, 0.6) is 0 Å². The highest BCUT2D eigenvalue weighted by Crippen LogP contribution is 2.29. The van der Waals surface area contributed by atoms with Crippen molar-refractivity contribution in [2.75, 3.05) is 0 Å². The van der Waals surface area contributed by atoms with Crippen molar-refractivity contribution in [3.8, 4) is 0 Å². The van der Waals surface area contributed by atoms with Gasteiger partial charge in [0.2, 0.25) is 0 Å². The van der Waals surface area contributed by atoms with E-state index in [0.29, 0.717) is 18.2 Å². The van der Waals surface area contributed by atoms with Crippen LogP contribution in [-0.2, 0) is 4.79 Å². The molecule has 0 N–H and O–H groups in total. The number of aromatic nitrogens is 2. The van der Waals surface area contributed by atoms with E-state index < -0.39 is 0 Å². The molecule has 1 heterocycles. The number of fused-ring (bicyclic) bond motifs is 1. The molecule has 1 aromatic carbocycles. The van der Waals surface area contributed by atoms with Gasteiger partial charge in [0, 0.05) is 18.9 Å². The Bertz CT molecular complexity index is 515. The molecule has 1 saturated carbocycles. The van der Waals surface area contributed by atoms with Crippen LogP contribution in [0.15, 0.2) is 30.6 Å². The van der Waals surface area contributed by atoms with E-state index in [2.05, 4.69) is 15.6 Å². The Hall–Kier alpha value is -1.64. The molecule has 15 heavy (non-hydrogen) atoms. The Balaban J connectivity index is 2.07. The van der Waals surface area contributed by atoms with Crippen molar-refractivity contribution in [2.45, 2.75) is 25.3 Å². The second kappa shape index (κ2) is 3.19. The lowest BCUT2D eigenvalue weighted by atomic mass is 10.2. The molecule has 1 fully saturated rings. The van der Waals surface area contributed by atoms with Gasteiger partial charge in [-0.1, -0.05) is 12.1 Å². The zero-order valence-electron chi connectivity index (χ0n) is 8.39. The Labute approximate surface area is 87.7 Å². The van der Waals surface area contributed by atoms with Crippen molar-refractivity contribution in [3.05, 3.63) is 30.6 Å². The highest BCUT2D eigenvalue weighted by Gasteiger charge is 2.24. The van der Waals surface area contributed by atoms with Crippen LogP contribution in [0.25, 0.3) is 11.0 Å². The van der Waals surface area contributed by atoms with Gasteiger partial charge >= 0.3 is 0 Å². The minimum atomic E-state index is 0.324. The zero-order chi connectivity index (χ0) is 10.3. The van der Waals surface area contributed by atoms with Gasteiger partial charge in [-0.15, -0.1) is 0 Å². The average Bonchev–Trinajstić information content (AvgIpc) is 2.83. The summed E-state index contributed by atoms with van der Waals surface area (Å²) in [6.45, 7) is 0. The summed E-state index contributed by atoms with van der Waals surface area (Å²) >= 11 is 0. The van der Waals surface area contributed by atoms with Gasteiger partial charge in [-0.2, -0.15) is 0 Å². The number of Topliss-reactive ketones (excluding diaryl/α,β-unsaturated/α-hetero) is 1. The summed E-state index contributed by atoms with van der Waals surface area (Å²) in [6, 6.07) is 8.38. The highest BCUT2D eigenvalue weighted by atomic mass is 16.1. The van der Waals surface area contributed by atoms with Gasteiger partial charge in [-0.3, -0.25) is 4.79 Å². The summed E-state index contributed by atoms with van der Waals surface area (Å²) in [6.07, 6.45) is 4.20. The quantitative estimate of drug-likeness (QED) is 0.708.